The van der Waals surface area contributed by atoms with Crippen LogP contribution in [0.15, 0.2) is 22.7 Å². The van der Waals surface area contributed by atoms with Gasteiger partial charge in [0.25, 0.3) is 0 Å². The molecule has 0 saturated heterocycles. The summed E-state index contributed by atoms with van der Waals surface area (Å²) in [5, 5.41) is 0. The molecule has 0 atom stereocenters. The first-order valence-corrected chi connectivity index (χ1v) is 6.54. The molecule has 0 fully saturated rings. The largest absolute Gasteiger partial charge is 0.417 e. The second-order valence-electron chi connectivity index (χ2n) is 4.02. The van der Waals surface area contributed by atoms with Gasteiger partial charge in [-0.05, 0) is 41.1 Å². The Balaban J connectivity index is 2.75. The molecule has 2 rings (SSSR count). The SMILES string of the molecule is Cc1[nH]c(-c2cc(F)ccc2C(F)(F)F)nc(=S)c1Br. The van der Waals surface area contributed by atoms with Crippen LogP contribution in [0.2, 0.25) is 0 Å². The zero-order chi connectivity index (χ0) is 15.1. The summed E-state index contributed by atoms with van der Waals surface area (Å²) in [6, 6.07) is 2.22. The van der Waals surface area contributed by atoms with Gasteiger partial charge in [-0.3, -0.25) is 0 Å². The van der Waals surface area contributed by atoms with Crippen molar-refractivity contribution in [3.8, 4) is 11.4 Å². The Bertz CT molecular complexity index is 724. The Hall–Kier alpha value is -1.28. The summed E-state index contributed by atoms with van der Waals surface area (Å²) in [6.45, 7) is 1.62. The molecular formula is C12H7BrF4N2S. The van der Waals surface area contributed by atoms with Crippen molar-refractivity contribution in [2.75, 3.05) is 0 Å². The third kappa shape index (κ3) is 2.90. The molecule has 0 unspecified atom stereocenters. The van der Waals surface area contributed by atoms with Gasteiger partial charge in [0.1, 0.15) is 16.3 Å². The van der Waals surface area contributed by atoms with Crippen molar-refractivity contribution in [2.45, 2.75) is 13.1 Å². The van der Waals surface area contributed by atoms with E-state index in [0.717, 1.165) is 12.1 Å². The van der Waals surface area contributed by atoms with Gasteiger partial charge in [0.05, 0.1) is 10.0 Å². The molecule has 0 aliphatic heterocycles. The van der Waals surface area contributed by atoms with Crippen LogP contribution in [-0.2, 0) is 6.18 Å². The van der Waals surface area contributed by atoms with E-state index < -0.39 is 17.6 Å². The molecule has 1 N–H and O–H groups in total. The van der Waals surface area contributed by atoms with Gasteiger partial charge in [0.15, 0.2) is 0 Å². The van der Waals surface area contributed by atoms with E-state index >= 15 is 0 Å². The molecule has 0 bridgehead atoms. The molecule has 0 saturated carbocycles. The van der Waals surface area contributed by atoms with Crippen molar-refractivity contribution in [1.29, 1.82) is 0 Å². The van der Waals surface area contributed by atoms with Crippen LogP contribution in [-0.4, -0.2) is 9.97 Å². The van der Waals surface area contributed by atoms with Crippen LogP contribution < -0.4 is 0 Å². The highest BCUT2D eigenvalue weighted by Gasteiger charge is 2.34. The number of rotatable bonds is 1. The number of nitrogens with zero attached hydrogens (tertiary/aromatic N) is 1. The van der Waals surface area contributed by atoms with Crippen molar-refractivity contribution < 1.29 is 17.6 Å². The Kier molecular flexibility index (Phi) is 3.97. The maximum absolute atomic E-state index is 13.3. The lowest BCUT2D eigenvalue weighted by molar-refractivity contribution is -0.137. The van der Waals surface area contributed by atoms with Crippen LogP contribution in [0, 0.1) is 17.4 Å². The highest BCUT2D eigenvalue weighted by Crippen LogP contribution is 2.36. The molecule has 0 radical (unpaired) electrons. The first-order chi connectivity index (χ1) is 9.20. The molecule has 2 nitrogen and oxygen atoms in total. The molecule has 0 spiro atoms. The first kappa shape index (κ1) is 15.1. The first-order valence-electron chi connectivity index (χ1n) is 5.33. The number of aryl methyl sites for hydroxylation is 1. The standard InChI is InChI=1S/C12H7BrF4N2S/c1-5-9(13)11(20)19-10(18-5)7-4-6(14)2-3-8(7)12(15,16)17/h2-4H,1H3,(H,18,19,20). The Morgan fingerprint density at radius 3 is 2.50 bits per heavy atom. The Labute approximate surface area is 125 Å². The van der Waals surface area contributed by atoms with Crippen molar-refractivity contribution in [2.24, 2.45) is 0 Å². The maximum Gasteiger partial charge on any atom is 0.417 e. The molecule has 1 aromatic heterocycles. The zero-order valence-corrected chi connectivity index (χ0v) is 12.4. The van der Waals surface area contributed by atoms with Gasteiger partial charge in [-0.15, -0.1) is 0 Å². The van der Waals surface area contributed by atoms with Crippen LogP contribution in [0.4, 0.5) is 17.6 Å². The lowest BCUT2D eigenvalue weighted by atomic mass is 10.1. The van der Waals surface area contributed by atoms with Crippen LogP contribution in [0.1, 0.15) is 11.3 Å². The van der Waals surface area contributed by atoms with E-state index in [1.165, 1.54) is 0 Å². The van der Waals surface area contributed by atoms with Gasteiger partial charge in [0, 0.05) is 11.3 Å². The molecule has 106 valence electrons. The summed E-state index contributed by atoms with van der Waals surface area (Å²) >= 11 is 8.11. The van der Waals surface area contributed by atoms with Gasteiger partial charge in [-0.25, -0.2) is 9.37 Å². The van der Waals surface area contributed by atoms with E-state index in [0.29, 0.717) is 16.2 Å². The summed E-state index contributed by atoms with van der Waals surface area (Å²) in [7, 11) is 0. The summed E-state index contributed by atoms with van der Waals surface area (Å²) in [5.74, 6) is -0.905. The van der Waals surface area contributed by atoms with E-state index in [9.17, 15) is 17.6 Å². The quantitative estimate of drug-likeness (QED) is 0.566. The molecule has 1 heterocycles. The number of aromatic nitrogens is 2. The third-order valence-electron chi connectivity index (χ3n) is 2.58. The number of H-pyrrole nitrogens is 1. The normalized spacial score (nSPS) is 11.7. The van der Waals surface area contributed by atoms with Crippen LogP contribution in [0.5, 0.6) is 0 Å². The van der Waals surface area contributed by atoms with Crippen molar-refractivity contribution in [1.82, 2.24) is 9.97 Å². The van der Waals surface area contributed by atoms with E-state index in [1.807, 2.05) is 0 Å². The van der Waals surface area contributed by atoms with Crippen molar-refractivity contribution >= 4 is 28.1 Å². The zero-order valence-electron chi connectivity index (χ0n) is 9.98. The van der Waals surface area contributed by atoms with Gasteiger partial charge < -0.3 is 4.98 Å². The summed E-state index contributed by atoms with van der Waals surface area (Å²) in [4.78, 5) is 6.55. The monoisotopic (exact) mass is 366 g/mol. The van der Waals surface area contributed by atoms with Gasteiger partial charge in [-0.1, -0.05) is 12.2 Å². The Morgan fingerprint density at radius 2 is 1.95 bits per heavy atom. The van der Waals surface area contributed by atoms with Crippen molar-refractivity contribution in [3.05, 3.63) is 44.4 Å². The second-order valence-corrected chi connectivity index (χ2v) is 5.20. The molecule has 8 heteroatoms. The third-order valence-corrected chi connectivity index (χ3v) is 4.11. The topological polar surface area (TPSA) is 28.7 Å². The van der Waals surface area contributed by atoms with E-state index in [-0.39, 0.29) is 16.0 Å². The minimum Gasteiger partial charge on any atom is -0.342 e. The average molecular weight is 367 g/mol. The number of benzene rings is 1. The fraction of sp³-hybridized carbons (Fsp3) is 0.167. The minimum atomic E-state index is -4.61. The molecule has 0 aliphatic carbocycles. The summed E-state index contributed by atoms with van der Waals surface area (Å²) in [6.07, 6.45) is -4.61. The van der Waals surface area contributed by atoms with Gasteiger partial charge in [0.2, 0.25) is 0 Å². The fourth-order valence-corrected chi connectivity index (χ4v) is 2.09. The second kappa shape index (κ2) is 5.25. The van der Waals surface area contributed by atoms with E-state index in [1.54, 1.807) is 6.92 Å². The number of halogens is 5. The number of hydrogen-bond acceptors (Lipinski definition) is 2. The molecule has 0 aliphatic rings. The van der Waals surface area contributed by atoms with Crippen LogP contribution in [0.25, 0.3) is 11.4 Å². The Morgan fingerprint density at radius 1 is 1.30 bits per heavy atom. The lowest BCUT2D eigenvalue weighted by Crippen LogP contribution is -2.09. The molecule has 1 aromatic carbocycles. The highest BCUT2D eigenvalue weighted by atomic mass is 79.9. The summed E-state index contributed by atoms with van der Waals surface area (Å²) in [5.41, 5.74) is -0.838. The highest BCUT2D eigenvalue weighted by molar-refractivity contribution is 9.10. The van der Waals surface area contributed by atoms with Gasteiger partial charge in [-0.2, -0.15) is 13.2 Å². The lowest BCUT2D eigenvalue weighted by Gasteiger charge is -2.13. The van der Waals surface area contributed by atoms with Crippen LogP contribution >= 0.6 is 28.1 Å². The minimum absolute atomic E-state index is 0.105. The van der Waals surface area contributed by atoms with Gasteiger partial charge >= 0.3 is 6.18 Å². The molecule has 0 amide bonds. The van der Waals surface area contributed by atoms with E-state index in [2.05, 4.69) is 25.9 Å². The van der Waals surface area contributed by atoms with Crippen molar-refractivity contribution in [3.63, 3.8) is 0 Å². The predicted molar refractivity (Wildman–Crippen MR) is 72.3 cm³/mol. The number of nitrogens with one attached hydrogen (secondary N) is 1. The number of hydrogen-bond donors (Lipinski definition) is 1. The maximum atomic E-state index is 13.3. The van der Waals surface area contributed by atoms with Crippen LogP contribution in [0.3, 0.4) is 0 Å². The van der Waals surface area contributed by atoms with E-state index in [4.69, 9.17) is 12.2 Å². The number of aromatic amines is 1. The predicted octanol–water partition coefficient (Wildman–Crippen LogP) is 5.04. The summed E-state index contributed by atoms with van der Waals surface area (Å²) < 4.78 is 52.7. The molecular weight excluding hydrogens is 360 g/mol. The molecule has 2 aromatic rings. The number of alkyl halides is 3. The molecule has 20 heavy (non-hydrogen) atoms. The fourth-order valence-electron chi connectivity index (χ4n) is 1.66. The average Bonchev–Trinajstić information content (AvgIpc) is 2.33. The smallest absolute Gasteiger partial charge is 0.342 e.